The van der Waals surface area contributed by atoms with Gasteiger partial charge in [0.1, 0.15) is 5.75 Å². The molecule has 2 atom stereocenters. The molecule has 4 rings (SSSR count). The number of ether oxygens (including phenoxy) is 1. The molecular formula is C22H27ClF2N2O. The number of hydrogen-bond donors (Lipinski definition) is 1. The van der Waals surface area contributed by atoms with Crippen molar-refractivity contribution in [1.82, 2.24) is 4.90 Å². The van der Waals surface area contributed by atoms with Crippen molar-refractivity contribution in [2.45, 2.75) is 44.8 Å². The Kier molecular flexibility index (Phi) is 6.28. The van der Waals surface area contributed by atoms with Crippen molar-refractivity contribution in [2.24, 2.45) is 11.7 Å². The van der Waals surface area contributed by atoms with Gasteiger partial charge in [-0.1, -0.05) is 30.3 Å². The van der Waals surface area contributed by atoms with Crippen LogP contribution in [0.15, 0.2) is 42.5 Å². The third-order valence-electron chi connectivity index (χ3n) is 5.59. The van der Waals surface area contributed by atoms with E-state index in [2.05, 4.69) is 35.2 Å². The van der Waals surface area contributed by atoms with Crippen LogP contribution in [0.2, 0.25) is 0 Å². The van der Waals surface area contributed by atoms with E-state index in [0.717, 1.165) is 31.6 Å². The zero-order valence-corrected chi connectivity index (χ0v) is 16.9. The summed E-state index contributed by atoms with van der Waals surface area (Å²) in [4.78, 5) is 2.43. The number of alkyl halides is 2. The van der Waals surface area contributed by atoms with Gasteiger partial charge in [-0.05, 0) is 47.7 Å². The highest BCUT2D eigenvalue weighted by Crippen LogP contribution is 2.48. The van der Waals surface area contributed by atoms with Crippen molar-refractivity contribution in [1.29, 1.82) is 0 Å². The highest BCUT2D eigenvalue weighted by Gasteiger charge is 2.57. The third-order valence-corrected chi connectivity index (χ3v) is 5.59. The fourth-order valence-electron chi connectivity index (χ4n) is 3.64. The largest absolute Gasteiger partial charge is 0.493 e. The van der Waals surface area contributed by atoms with E-state index in [1.165, 1.54) is 16.7 Å². The molecule has 0 spiro atoms. The molecule has 2 N–H and O–H groups in total. The van der Waals surface area contributed by atoms with Crippen molar-refractivity contribution >= 4 is 12.4 Å². The van der Waals surface area contributed by atoms with Crippen LogP contribution < -0.4 is 10.5 Å². The molecule has 2 aromatic carbocycles. The van der Waals surface area contributed by atoms with Gasteiger partial charge in [-0.15, -0.1) is 12.4 Å². The second-order valence-electron chi connectivity index (χ2n) is 7.89. The van der Waals surface area contributed by atoms with Crippen LogP contribution in [0.1, 0.15) is 41.6 Å². The van der Waals surface area contributed by atoms with Gasteiger partial charge in [0, 0.05) is 32.1 Å². The second kappa shape index (κ2) is 8.36. The molecule has 0 amide bonds. The number of benzene rings is 2. The topological polar surface area (TPSA) is 38.5 Å². The quantitative estimate of drug-likeness (QED) is 0.751. The molecule has 2 aliphatic rings. The summed E-state index contributed by atoms with van der Waals surface area (Å²) < 4.78 is 31.5. The van der Waals surface area contributed by atoms with E-state index in [0.29, 0.717) is 5.75 Å². The van der Waals surface area contributed by atoms with Crippen LogP contribution in [-0.2, 0) is 19.5 Å². The lowest BCUT2D eigenvalue weighted by Crippen LogP contribution is -2.30. The van der Waals surface area contributed by atoms with Gasteiger partial charge in [0.15, 0.2) is 0 Å². The molecule has 0 bridgehead atoms. The average molecular weight is 409 g/mol. The third kappa shape index (κ3) is 4.83. The Labute approximate surface area is 171 Å². The maximum atomic E-state index is 13.0. The molecule has 1 fully saturated rings. The number of rotatable bonds is 6. The number of fused-ring (bicyclic) bond motifs is 1. The van der Waals surface area contributed by atoms with Crippen LogP contribution in [0.25, 0.3) is 0 Å². The summed E-state index contributed by atoms with van der Waals surface area (Å²) in [7, 11) is 0. The first-order chi connectivity index (χ1) is 12.9. The SMILES string of the molecule is CC(N)c1ccc(CN2CCc3cc(OCC4CC4(F)F)ccc3C2)cc1.Cl. The average Bonchev–Trinajstić information content (AvgIpc) is 3.27. The summed E-state index contributed by atoms with van der Waals surface area (Å²) in [5.74, 6) is -2.43. The number of nitrogens with zero attached hydrogens (tertiary/aromatic N) is 1. The van der Waals surface area contributed by atoms with Crippen molar-refractivity contribution < 1.29 is 13.5 Å². The predicted molar refractivity (Wildman–Crippen MR) is 109 cm³/mol. The van der Waals surface area contributed by atoms with E-state index >= 15 is 0 Å². The molecule has 3 nitrogen and oxygen atoms in total. The Bertz CT molecular complexity index is 811. The minimum atomic E-state index is -2.52. The Balaban J connectivity index is 0.00000225. The molecule has 2 unspecified atom stereocenters. The molecule has 0 radical (unpaired) electrons. The van der Waals surface area contributed by atoms with Crippen molar-refractivity contribution in [3.8, 4) is 5.75 Å². The molecule has 1 aliphatic heterocycles. The van der Waals surface area contributed by atoms with Gasteiger partial charge in [0.25, 0.3) is 5.92 Å². The fourth-order valence-corrected chi connectivity index (χ4v) is 3.64. The van der Waals surface area contributed by atoms with Crippen LogP contribution in [-0.4, -0.2) is 24.0 Å². The van der Waals surface area contributed by atoms with Gasteiger partial charge in [0.2, 0.25) is 0 Å². The molecule has 152 valence electrons. The van der Waals surface area contributed by atoms with E-state index in [4.69, 9.17) is 10.5 Å². The van der Waals surface area contributed by atoms with Gasteiger partial charge >= 0.3 is 0 Å². The summed E-state index contributed by atoms with van der Waals surface area (Å²) in [6.45, 7) is 4.88. The highest BCUT2D eigenvalue weighted by atomic mass is 35.5. The first-order valence-electron chi connectivity index (χ1n) is 9.60. The number of nitrogens with two attached hydrogens (primary N) is 1. The van der Waals surface area contributed by atoms with Gasteiger partial charge in [-0.2, -0.15) is 0 Å². The highest BCUT2D eigenvalue weighted by molar-refractivity contribution is 5.85. The van der Waals surface area contributed by atoms with Crippen LogP contribution in [0, 0.1) is 5.92 Å². The lowest BCUT2D eigenvalue weighted by atomic mass is 9.98. The molecule has 6 heteroatoms. The van der Waals surface area contributed by atoms with Crippen molar-refractivity contribution in [2.75, 3.05) is 13.2 Å². The van der Waals surface area contributed by atoms with E-state index in [9.17, 15) is 8.78 Å². The Morgan fingerprint density at radius 3 is 2.54 bits per heavy atom. The molecule has 1 heterocycles. The first kappa shape index (κ1) is 21.0. The first-order valence-corrected chi connectivity index (χ1v) is 9.60. The molecule has 0 saturated heterocycles. The summed E-state index contributed by atoms with van der Waals surface area (Å²) in [6.07, 6.45) is 0.905. The van der Waals surface area contributed by atoms with E-state index < -0.39 is 11.8 Å². The zero-order chi connectivity index (χ0) is 19.0. The molecule has 2 aromatic rings. The maximum Gasteiger partial charge on any atom is 0.255 e. The Morgan fingerprint density at radius 1 is 1.18 bits per heavy atom. The standard InChI is InChI=1S/C22H26F2N2O.ClH/c1-15(25)17-4-2-16(3-5-17)12-26-9-8-18-10-21(7-6-19(18)13-26)27-14-20-11-22(20,23)24;/h2-7,10,15,20H,8-9,11-14,25H2,1H3;1H. The lowest BCUT2D eigenvalue weighted by Gasteiger charge is -2.29. The lowest BCUT2D eigenvalue weighted by molar-refractivity contribution is 0.0856. The smallest absolute Gasteiger partial charge is 0.255 e. The molecule has 0 aromatic heterocycles. The van der Waals surface area contributed by atoms with Crippen LogP contribution in [0.3, 0.4) is 0 Å². The summed E-state index contributed by atoms with van der Waals surface area (Å²) in [6, 6.07) is 14.6. The molecule has 1 aliphatic carbocycles. The second-order valence-corrected chi connectivity index (χ2v) is 7.89. The fraction of sp³-hybridized carbons (Fsp3) is 0.455. The summed E-state index contributed by atoms with van der Waals surface area (Å²) in [5, 5.41) is 0. The van der Waals surface area contributed by atoms with Gasteiger partial charge in [-0.25, -0.2) is 8.78 Å². The predicted octanol–water partition coefficient (Wildman–Crippen LogP) is 4.72. The maximum absolute atomic E-state index is 13.0. The normalized spacial score (nSPS) is 21.4. The summed E-state index contributed by atoms with van der Waals surface area (Å²) >= 11 is 0. The Morgan fingerprint density at radius 2 is 1.89 bits per heavy atom. The summed E-state index contributed by atoms with van der Waals surface area (Å²) in [5.41, 5.74) is 10.9. The van der Waals surface area contributed by atoms with Crippen molar-refractivity contribution in [3.63, 3.8) is 0 Å². The Hall–Kier alpha value is -1.69. The van der Waals surface area contributed by atoms with Gasteiger partial charge in [0.05, 0.1) is 12.5 Å². The van der Waals surface area contributed by atoms with Crippen LogP contribution in [0.4, 0.5) is 8.78 Å². The molecular weight excluding hydrogens is 382 g/mol. The van der Waals surface area contributed by atoms with Crippen LogP contribution in [0.5, 0.6) is 5.75 Å². The van der Waals surface area contributed by atoms with Crippen molar-refractivity contribution in [3.05, 3.63) is 64.7 Å². The monoisotopic (exact) mass is 408 g/mol. The van der Waals surface area contributed by atoms with E-state index in [1.54, 1.807) is 0 Å². The number of hydrogen-bond acceptors (Lipinski definition) is 3. The number of halogens is 3. The minimum Gasteiger partial charge on any atom is -0.493 e. The van der Waals surface area contributed by atoms with E-state index in [1.807, 2.05) is 19.1 Å². The molecule has 1 saturated carbocycles. The van der Waals surface area contributed by atoms with Gasteiger partial charge in [-0.3, -0.25) is 4.90 Å². The van der Waals surface area contributed by atoms with E-state index in [-0.39, 0.29) is 31.5 Å². The molecule has 28 heavy (non-hydrogen) atoms. The zero-order valence-electron chi connectivity index (χ0n) is 16.0. The van der Waals surface area contributed by atoms with Crippen LogP contribution >= 0.6 is 12.4 Å². The van der Waals surface area contributed by atoms with Gasteiger partial charge < -0.3 is 10.5 Å². The minimum absolute atomic E-state index is 0.